The van der Waals surface area contributed by atoms with Crippen LogP contribution < -0.4 is 10.2 Å². The Balaban J connectivity index is 1.60. The smallest absolute Gasteiger partial charge is 0.273 e. The molecule has 0 unspecified atom stereocenters. The Morgan fingerprint density at radius 2 is 1.89 bits per heavy atom. The molecule has 2 aromatic carbocycles. The number of morpholine rings is 1. The number of carbonyl (C=O) groups is 1. The Morgan fingerprint density at radius 1 is 1.15 bits per heavy atom. The fourth-order valence-corrected chi connectivity index (χ4v) is 4.37. The van der Waals surface area contributed by atoms with Gasteiger partial charge in [-0.1, -0.05) is 18.2 Å². The molecule has 27 heavy (non-hydrogen) atoms. The monoisotopic (exact) mass is 427 g/mol. The standard InChI is InChI=1S/C21H22BrN3O2/c1-14-13-15(25-9-11-27-12-10-25)7-8-17(14)23-21(26)20-19(22)16-5-3-4-6-18(16)24(20)2/h3-8,13H,9-12H2,1-2H3,(H,23,26). The number of aromatic nitrogens is 1. The second-order valence-electron chi connectivity index (χ2n) is 6.79. The second kappa shape index (κ2) is 7.37. The van der Waals surface area contributed by atoms with Crippen LogP contribution in [0.25, 0.3) is 10.9 Å². The van der Waals surface area contributed by atoms with Gasteiger partial charge in [-0.2, -0.15) is 0 Å². The molecule has 0 radical (unpaired) electrons. The van der Waals surface area contributed by atoms with Crippen LogP contribution in [0, 0.1) is 6.92 Å². The van der Waals surface area contributed by atoms with E-state index in [9.17, 15) is 4.79 Å². The summed E-state index contributed by atoms with van der Waals surface area (Å²) in [4.78, 5) is 15.3. The number of amides is 1. The minimum atomic E-state index is -0.122. The quantitative estimate of drug-likeness (QED) is 0.675. The van der Waals surface area contributed by atoms with E-state index in [2.05, 4.69) is 38.3 Å². The van der Waals surface area contributed by atoms with Crippen molar-refractivity contribution in [2.75, 3.05) is 36.5 Å². The molecule has 5 nitrogen and oxygen atoms in total. The largest absolute Gasteiger partial charge is 0.378 e. The van der Waals surface area contributed by atoms with Gasteiger partial charge in [0.2, 0.25) is 0 Å². The highest BCUT2D eigenvalue weighted by Crippen LogP contribution is 2.31. The summed E-state index contributed by atoms with van der Waals surface area (Å²) in [5.41, 5.74) is 4.68. The Morgan fingerprint density at radius 3 is 2.59 bits per heavy atom. The lowest BCUT2D eigenvalue weighted by molar-refractivity contribution is 0.101. The van der Waals surface area contributed by atoms with E-state index in [1.807, 2.05) is 48.9 Å². The number of nitrogens with one attached hydrogen (secondary N) is 1. The summed E-state index contributed by atoms with van der Waals surface area (Å²) in [6.45, 7) is 5.33. The molecular formula is C21H22BrN3O2. The number of ether oxygens (including phenoxy) is 1. The first-order valence-corrected chi connectivity index (χ1v) is 9.83. The number of fused-ring (bicyclic) bond motifs is 1. The SMILES string of the molecule is Cc1cc(N2CCOCC2)ccc1NC(=O)c1c(Br)c2ccccc2n1C. The van der Waals surface area contributed by atoms with E-state index in [4.69, 9.17) is 4.74 Å². The Labute approximate surface area is 167 Å². The molecule has 2 heterocycles. The number of anilines is 2. The maximum atomic E-state index is 13.0. The molecule has 140 valence electrons. The van der Waals surface area contributed by atoms with Crippen LogP contribution in [0.1, 0.15) is 16.1 Å². The van der Waals surface area contributed by atoms with Crippen molar-refractivity contribution in [1.29, 1.82) is 0 Å². The zero-order valence-corrected chi connectivity index (χ0v) is 17.0. The van der Waals surface area contributed by atoms with Gasteiger partial charge in [0.1, 0.15) is 5.69 Å². The van der Waals surface area contributed by atoms with Gasteiger partial charge in [-0.15, -0.1) is 0 Å². The minimum absolute atomic E-state index is 0.122. The molecule has 0 bridgehead atoms. The Hall–Kier alpha value is -2.31. The van der Waals surface area contributed by atoms with Crippen molar-refractivity contribution in [3.63, 3.8) is 0 Å². The lowest BCUT2D eigenvalue weighted by atomic mass is 10.1. The number of para-hydroxylation sites is 1. The number of halogens is 1. The van der Waals surface area contributed by atoms with E-state index in [1.165, 1.54) is 5.69 Å². The highest BCUT2D eigenvalue weighted by molar-refractivity contribution is 9.10. The summed E-state index contributed by atoms with van der Waals surface area (Å²) >= 11 is 3.60. The van der Waals surface area contributed by atoms with Crippen LogP contribution in [0.5, 0.6) is 0 Å². The van der Waals surface area contributed by atoms with Crippen LogP contribution in [0.2, 0.25) is 0 Å². The maximum absolute atomic E-state index is 13.0. The summed E-state index contributed by atoms with van der Waals surface area (Å²) in [6.07, 6.45) is 0. The molecule has 1 N–H and O–H groups in total. The molecule has 6 heteroatoms. The van der Waals surface area contributed by atoms with Gasteiger partial charge in [0, 0.05) is 42.4 Å². The molecule has 1 amide bonds. The third-order valence-electron chi connectivity index (χ3n) is 5.09. The molecule has 1 fully saturated rings. The lowest BCUT2D eigenvalue weighted by Gasteiger charge is -2.29. The first-order chi connectivity index (χ1) is 13.1. The third kappa shape index (κ3) is 3.35. The van der Waals surface area contributed by atoms with Crippen molar-refractivity contribution in [3.8, 4) is 0 Å². The maximum Gasteiger partial charge on any atom is 0.273 e. The highest BCUT2D eigenvalue weighted by atomic mass is 79.9. The average Bonchev–Trinajstić information content (AvgIpc) is 2.95. The molecule has 0 atom stereocenters. The van der Waals surface area contributed by atoms with Crippen LogP contribution in [0.15, 0.2) is 46.9 Å². The van der Waals surface area contributed by atoms with Crippen molar-refractivity contribution >= 4 is 44.1 Å². The van der Waals surface area contributed by atoms with Crippen LogP contribution in [0.3, 0.4) is 0 Å². The fraction of sp³-hybridized carbons (Fsp3) is 0.286. The first-order valence-electron chi connectivity index (χ1n) is 9.04. The van der Waals surface area contributed by atoms with Gasteiger partial charge < -0.3 is 19.5 Å². The first kappa shape index (κ1) is 18.1. The van der Waals surface area contributed by atoms with Gasteiger partial charge in [-0.3, -0.25) is 4.79 Å². The van der Waals surface area contributed by atoms with Crippen LogP contribution in [-0.2, 0) is 11.8 Å². The van der Waals surface area contributed by atoms with E-state index in [1.54, 1.807) is 0 Å². The van der Waals surface area contributed by atoms with Crippen molar-refractivity contribution in [2.24, 2.45) is 7.05 Å². The van der Waals surface area contributed by atoms with Crippen LogP contribution in [0.4, 0.5) is 11.4 Å². The number of hydrogen-bond donors (Lipinski definition) is 1. The highest BCUT2D eigenvalue weighted by Gasteiger charge is 2.20. The molecule has 0 aliphatic carbocycles. The predicted octanol–water partition coefficient (Wildman–Crippen LogP) is 4.34. The Bertz CT molecular complexity index is 967. The Kier molecular flexibility index (Phi) is 4.93. The van der Waals surface area contributed by atoms with Crippen molar-refractivity contribution in [2.45, 2.75) is 6.92 Å². The fourth-order valence-electron chi connectivity index (χ4n) is 3.59. The predicted molar refractivity (Wildman–Crippen MR) is 113 cm³/mol. The van der Waals surface area contributed by atoms with Gasteiger partial charge >= 0.3 is 0 Å². The van der Waals surface area contributed by atoms with Gasteiger partial charge in [0.25, 0.3) is 5.91 Å². The zero-order chi connectivity index (χ0) is 19.0. The summed E-state index contributed by atoms with van der Waals surface area (Å²) in [5, 5.41) is 4.10. The number of carbonyl (C=O) groups excluding carboxylic acids is 1. The second-order valence-corrected chi connectivity index (χ2v) is 7.58. The number of nitrogens with zero attached hydrogens (tertiary/aromatic N) is 2. The molecule has 4 rings (SSSR count). The van der Waals surface area contributed by atoms with Gasteiger partial charge in [0.15, 0.2) is 0 Å². The summed E-state index contributed by atoms with van der Waals surface area (Å²) in [7, 11) is 1.91. The van der Waals surface area contributed by atoms with Crippen molar-refractivity contribution < 1.29 is 9.53 Å². The number of rotatable bonds is 3. The molecule has 1 aliphatic rings. The number of hydrogen-bond acceptors (Lipinski definition) is 3. The van der Waals surface area contributed by atoms with E-state index in [0.29, 0.717) is 5.69 Å². The molecular weight excluding hydrogens is 406 g/mol. The molecule has 1 aliphatic heterocycles. The third-order valence-corrected chi connectivity index (χ3v) is 5.90. The molecule has 0 saturated carbocycles. The number of aryl methyl sites for hydroxylation is 2. The summed E-state index contributed by atoms with van der Waals surface area (Å²) < 4.78 is 8.16. The topological polar surface area (TPSA) is 46.5 Å². The van der Waals surface area contributed by atoms with Gasteiger partial charge in [0.05, 0.1) is 17.7 Å². The van der Waals surface area contributed by atoms with Gasteiger partial charge in [-0.25, -0.2) is 0 Å². The van der Waals surface area contributed by atoms with E-state index in [0.717, 1.165) is 52.9 Å². The minimum Gasteiger partial charge on any atom is -0.378 e. The van der Waals surface area contributed by atoms with E-state index < -0.39 is 0 Å². The average molecular weight is 428 g/mol. The molecule has 1 aromatic heterocycles. The number of benzene rings is 2. The lowest BCUT2D eigenvalue weighted by Crippen LogP contribution is -2.36. The van der Waals surface area contributed by atoms with Gasteiger partial charge in [-0.05, 0) is 52.7 Å². The summed E-state index contributed by atoms with van der Waals surface area (Å²) in [6, 6.07) is 14.1. The summed E-state index contributed by atoms with van der Waals surface area (Å²) in [5.74, 6) is -0.122. The molecule has 3 aromatic rings. The van der Waals surface area contributed by atoms with Crippen molar-refractivity contribution in [1.82, 2.24) is 4.57 Å². The van der Waals surface area contributed by atoms with Crippen molar-refractivity contribution in [3.05, 3.63) is 58.2 Å². The van der Waals surface area contributed by atoms with Crippen LogP contribution in [-0.4, -0.2) is 36.8 Å². The van der Waals surface area contributed by atoms with E-state index >= 15 is 0 Å². The van der Waals surface area contributed by atoms with Crippen LogP contribution >= 0.6 is 15.9 Å². The normalized spacial score (nSPS) is 14.6. The molecule has 0 spiro atoms. The zero-order valence-electron chi connectivity index (χ0n) is 15.5. The molecule has 1 saturated heterocycles. The van der Waals surface area contributed by atoms with E-state index in [-0.39, 0.29) is 5.91 Å².